The van der Waals surface area contributed by atoms with Gasteiger partial charge in [0.25, 0.3) is 0 Å². The van der Waals surface area contributed by atoms with Crippen molar-refractivity contribution in [2.45, 2.75) is 32.1 Å². The Balaban J connectivity index is 1.32. The number of carbonyl (C=O) groups excluding carboxylic acids is 3. The fourth-order valence-electron chi connectivity index (χ4n) is 3.92. The smallest absolute Gasteiger partial charge is 0.339 e. The molecule has 1 amide bonds. The average Bonchev–Trinajstić information content (AvgIpc) is 3.26. The van der Waals surface area contributed by atoms with Crippen molar-refractivity contribution in [3.8, 4) is 5.75 Å². The second-order valence-corrected chi connectivity index (χ2v) is 10.6. The van der Waals surface area contributed by atoms with Crippen molar-refractivity contribution in [2.24, 2.45) is 5.92 Å². The zero-order chi connectivity index (χ0) is 26.7. The highest BCUT2D eigenvalue weighted by Crippen LogP contribution is 2.27. The molecule has 4 rings (SSSR count). The first kappa shape index (κ1) is 26.1. The van der Waals surface area contributed by atoms with Crippen LogP contribution in [0, 0.1) is 26.7 Å². The highest BCUT2D eigenvalue weighted by Gasteiger charge is 2.36. The Morgan fingerprint density at radius 1 is 0.919 bits per heavy atom. The van der Waals surface area contributed by atoms with Crippen LogP contribution in [0.5, 0.6) is 5.75 Å². The van der Waals surface area contributed by atoms with Crippen molar-refractivity contribution in [2.75, 3.05) is 18.1 Å². The van der Waals surface area contributed by atoms with E-state index in [4.69, 9.17) is 8.92 Å². The number of carbonyl (C=O) groups is 3. The molecule has 0 N–H and O–H groups in total. The molecule has 0 unspecified atom stereocenters. The van der Waals surface area contributed by atoms with E-state index in [0.717, 1.165) is 22.4 Å². The molecule has 1 fully saturated rings. The van der Waals surface area contributed by atoms with Crippen molar-refractivity contribution in [1.29, 1.82) is 0 Å². The number of hydrogen-bond donors (Lipinski definition) is 0. The summed E-state index contributed by atoms with van der Waals surface area (Å²) >= 11 is 0. The molecule has 1 saturated heterocycles. The number of Topliss-reactive ketones (excluding diaryl/α,β-unsaturated/α-hetero) is 1. The van der Waals surface area contributed by atoms with Crippen molar-refractivity contribution < 1.29 is 31.7 Å². The van der Waals surface area contributed by atoms with E-state index < -0.39 is 34.4 Å². The topological polar surface area (TPSA) is 107 Å². The summed E-state index contributed by atoms with van der Waals surface area (Å²) in [7, 11) is -4.01. The average molecular weight is 522 g/mol. The van der Waals surface area contributed by atoms with Gasteiger partial charge in [-0.3, -0.25) is 14.4 Å². The van der Waals surface area contributed by atoms with Gasteiger partial charge >= 0.3 is 16.1 Å². The van der Waals surface area contributed by atoms with Gasteiger partial charge in [-0.25, -0.2) is 0 Å². The summed E-state index contributed by atoms with van der Waals surface area (Å²) < 4.78 is 35.2. The van der Waals surface area contributed by atoms with Crippen LogP contribution in [0.15, 0.2) is 71.6 Å². The molecule has 192 valence electrons. The molecule has 0 radical (unpaired) electrons. The summed E-state index contributed by atoms with van der Waals surface area (Å²) in [6, 6.07) is 17.4. The Morgan fingerprint density at radius 3 is 2.24 bits per heavy atom. The Bertz CT molecular complexity index is 1440. The van der Waals surface area contributed by atoms with Crippen LogP contribution < -0.4 is 9.08 Å². The molecule has 3 aromatic rings. The number of esters is 1. The van der Waals surface area contributed by atoms with Crippen molar-refractivity contribution >= 4 is 33.5 Å². The highest BCUT2D eigenvalue weighted by molar-refractivity contribution is 7.87. The fraction of sp³-hybridized carbons (Fsp3) is 0.250. The first-order valence-corrected chi connectivity index (χ1v) is 13.1. The van der Waals surface area contributed by atoms with E-state index in [0.29, 0.717) is 0 Å². The summed E-state index contributed by atoms with van der Waals surface area (Å²) in [6.07, 6.45) is 0.0153. The first-order chi connectivity index (χ1) is 17.5. The minimum atomic E-state index is -4.01. The number of benzene rings is 3. The number of ether oxygens (including phenoxy) is 1. The molecular weight excluding hydrogens is 494 g/mol. The lowest BCUT2D eigenvalue weighted by atomic mass is 10.1. The minimum absolute atomic E-state index is 0.0153. The molecule has 0 spiro atoms. The maximum atomic E-state index is 12.6. The van der Waals surface area contributed by atoms with E-state index in [1.165, 1.54) is 36.4 Å². The largest absolute Gasteiger partial charge is 0.457 e. The third-order valence-corrected chi connectivity index (χ3v) is 7.56. The molecule has 1 heterocycles. The van der Waals surface area contributed by atoms with Crippen LogP contribution in [0.4, 0.5) is 5.69 Å². The number of nitrogens with zero attached hydrogens (tertiary/aromatic N) is 1. The number of amides is 1. The predicted octanol–water partition coefficient (Wildman–Crippen LogP) is 4.16. The minimum Gasteiger partial charge on any atom is -0.457 e. The standard InChI is InChI=1S/C28H27NO7S/c1-18-4-12-25(13-5-18)37(33,34)36-24-10-7-21(8-11-24)26(30)17-35-28(32)22-15-27(31)29(16-22)23-9-6-19(2)20(3)14-23/h4-14,22H,15-17H2,1-3H3/t22-/m1/s1. The van der Waals surface area contributed by atoms with Gasteiger partial charge in [-0.15, -0.1) is 0 Å². The molecule has 9 heteroatoms. The Morgan fingerprint density at radius 2 is 1.59 bits per heavy atom. The molecule has 0 saturated carbocycles. The second kappa shape index (κ2) is 10.6. The number of hydrogen-bond acceptors (Lipinski definition) is 7. The van der Waals surface area contributed by atoms with Gasteiger partial charge in [-0.2, -0.15) is 8.42 Å². The Labute approximate surface area is 215 Å². The number of aryl methyl sites for hydroxylation is 3. The second-order valence-electron chi connectivity index (χ2n) is 9.08. The van der Waals surface area contributed by atoms with E-state index >= 15 is 0 Å². The van der Waals surface area contributed by atoms with Crippen LogP contribution in [0.25, 0.3) is 0 Å². The molecule has 37 heavy (non-hydrogen) atoms. The lowest BCUT2D eigenvalue weighted by Crippen LogP contribution is -2.27. The van der Waals surface area contributed by atoms with Gasteiger partial charge in [0.2, 0.25) is 5.91 Å². The lowest BCUT2D eigenvalue weighted by molar-refractivity contribution is -0.147. The zero-order valence-electron chi connectivity index (χ0n) is 20.8. The zero-order valence-corrected chi connectivity index (χ0v) is 21.6. The molecule has 0 aliphatic carbocycles. The van der Waals surface area contributed by atoms with Crippen LogP contribution in [-0.4, -0.2) is 39.2 Å². The van der Waals surface area contributed by atoms with Gasteiger partial charge in [-0.1, -0.05) is 23.8 Å². The lowest BCUT2D eigenvalue weighted by Gasteiger charge is -2.17. The van der Waals surface area contributed by atoms with Crippen molar-refractivity contribution in [3.05, 3.63) is 89.0 Å². The van der Waals surface area contributed by atoms with Crippen LogP contribution in [-0.2, 0) is 24.4 Å². The maximum Gasteiger partial charge on any atom is 0.339 e. The van der Waals surface area contributed by atoms with E-state index in [9.17, 15) is 22.8 Å². The molecule has 1 aliphatic heterocycles. The quantitative estimate of drug-likeness (QED) is 0.249. The Hall–Kier alpha value is -3.98. The van der Waals surface area contributed by atoms with E-state index in [1.807, 2.05) is 39.0 Å². The third-order valence-electron chi connectivity index (χ3n) is 6.30. The van der Waals surface area contributed by atoms with Crippen molar-refractivity contribution in [3.63, 3.8) is 0 Å². The van der Waals surface area contributed by atoms with Crippen LogP contribution in [0.2, 0.25) is 0 Å². The summed E-state index contributed by atoms with van der Waals surface area (Å²) in [5.74, 6) is -1.86. The summed E-state index contributed by atoms with van der Waals surface area (Å²) in [6.45, 7) is 5.48. The van der Waals surface area contributed by atoms with Gasteiger partial charge in [0, 0.05) is 24.2 Å². The molecule has 0 aromatic heterocycles. The molecule has 1 atom stereocenters. The molecule has 3 aromatic carbocycles. The summed E-state index contributed by atoms with van der Waals surface area (Å²) in [5.41, 5.74) is 4.03. The summed E-state index contributed by atoms with van der Waals surface area (Å²) in [4.78, 5) is 39.1. The third kappa shape index (κ3) is 6.06. The van der Waals surface area contributed by atoms with Gasteiger partial charge in [0.15, 0.2) is 12.4 Å². The van der Waals surface area contributed by atoms with E-state index in [1.54, 1.807) is 17.0 Å². The number of rotatable bonds is 8. The van der Waals surface area contributed by atoms with Crippen LogP contribution >= 0.6 is 0 Å². The van der Waals surface area contributed by atoms with Crippen LogP contribution in [0.3, 0.4) is 0 Å². The maximum absolute atomic E-state index is 12.6. The first-order valence-electron chi connectivity index (χ1n) is 11.7. The fourth-order valence-corrected chi connectivity index (χ4v) is 4.85. The van der Waals surface area contributed by atoms with E-state index in [2.05, 4.69) is 0 Å². The monoisotopic (exact) mass is 521 g/mol. The van der Waals surface area contributed by atoms with Crippen LogP contribution in [0.1, 0.15) is 33.5 Å². The van der Waals surface area contributed by atoms with Gasteiger partial charge in [0.1, 0.15) is 10.6 Å². The predicted molar refractivity (Wildman–Crippen MR) is 137 cm³/mol. The SMILES string of the molecule is Cc1ccc(S(=O)(=O)Oc2ccc(C(=O)COC(=O)[C@@H]3CC(=O)N(c4ccc(C)c(C)c4)C3)cc2)cc1. The highest BCUT2D eigenvalue weighted by atomic mass is 32.2. The van der Waals surface area contributed by atoms with Gasteiger partial charge in [0.05, 0.1) is 5.92 Å². The molecule has 1 aliphatic rings. The van der Waals surface area contributed by atoms with E-state index in [-0.39, 0.29) is 35.1 Å². The molecule has 0 bridgehead atoms. The normalized spacial score (nSPS) is 15.5. The molecular formula is C28H27NO7S. The summed E-state index contributed by atoms with van der Waals surface area (Å²) in [5, 5.41) is 0. The Kier molecular flexibility index (Phi) is 7.45. The molecule has 8 nitrogen and oxygen atoms in total. The van der Waals surface area contributed by atoms with Gasteiger partial charge < -0.3 is 13.8 Å². The number of ketones is 1. The number of anilines is 1. The van der Waals surface area contributed by atoms with Crippen molar-refractivity contribution in [1.82, 2.24) is 0 Å². The van der Waals surface area contributed by atoms with Gasteiger partial charge in [-0.05, 0) is 80.4 Å².